The molecule has 2 atom stereocenters. The van der Waals surface area contributed by atoms with Crippen LogP contribution in [0.15, 0.2) is 59.8 Å². The second-order valence-corrected chi connectivity index (χ2v) is 8.34. The van der Waals surface area contributed by atoms with Crippen molar-refractivity contribution in [2.45, 2.75) is 38.5 Å². The van der Waals surface area contributed by atoms with Gasteiger partial charge in [0.1, 0.15) is 0 Å². The van der Waals surface area contributed by atoms with E-state index in [0.29, 0.717) is 5.92 Å². The maximum Gasteiger partial charge on any atom is 0.243 e. The fourth-order valence-corrected chi connectivity index (χ4v) is 3.53. The normalized spacial score (nSPS) is 19.5. The van der Waals surface area contributed by atoms with Crippen LogP contribution in [-0.4, -0.2) is 17.1 Å². The average molecular weight is 359 g/mol. The van der Waals surface area contributed by atoms with E-state index in [1.807, 2.05) is 30.5 Å². The highest BCUT2D eigenvalue weighted by Gasteiger charge is 2.44. The molecule has 1 saturated carbocycles. The third kappa shape index (κ3) is 3.65. The Morgan fingerprint density at radius 2 is 1.89 bits per heavy atom. The van der Waals surface area contributed by atoms with E-state index in [4.69, 9.17) is 0 Å². The highest BCUT2D eigenvalue weighted by atomic mass is 16.2. The SMILES string of the molecule is CC(C)(C)c1ccc([C@H]2C[C@@H]2C(=O)N/N=C\c2c[nH]c3ccccc23)cc1. The fraction of sp³-hybridized carbons (Fsp3) is 0.304. The van der Waals surface area contributed by atoms with E-state index in [0.717, 1.165) is 22.9 Å². The number of hydrogen-bond donors (Lipinski definition) is 2. The Labute approximate surface area is 159 Å². The number of amides is 1. The van der Waals surface area contributed by atoms with Gasteiger partial charge < -0.3 is 4.98 Å². The molecule has 1 amide bonds. The van der Waals surface area contributed by atoms with E-state index < -0.39 is 0 Å². The second-order valence-electron chi connectivity index (χ2n) is 8.34. The van der Waals surface area contributed by atoms with Gasteiger partial charge in [0, 0.05) is 28.6 Å². The number of nitrogens with zero attached hydrogens (tertiary/aromatic N) is 1. The largest absolute Gasteiger partial charge is 0.361 e. The number of fused-ring (bicyclic) bond motifs is 1. The number of nitrogens with one attached hydrogen (secondary N) is 2. The summed E-state index contributed by atoms with van der Waals surface area (Å²) in [6.07, 6.45) is 4.49. The van der Waals surface area contributed by atoms with Crippen LogP contribution >= 0.6 is 0 Å². The molecule has 4 heteroatoms. The molecule has 4 nitrogen and oxygen atoms in total. The van der Waals surface area contributed by atoms with Gasteiger partial charge in [0.15, 0.2) is 0 Å². The Kier molecular flexibility index (Phi) is 4.34. The van der Waals surface area contributed by atoms with Gasteiger partial charge in [-0.25, -0.2) is 5.43 Å². The Morgan fingerprint density at radius 1 is 1.15 bits per heavy atom. The van der Waals surface area contributed by atoms with Crippen LogP contribution in [0, 0.1) is 5.92 Å². The Bertz CT molecular complexity index is 992. The van der Waals surface area contributed by atoms with Crippen LogP contribution in [0.25, 0.3) is 10.9 Å². The first-order valence-corrected chi connectivity index (χ1v) is 9.43. The smallest absolute Gasteiger partial charge is 0.243 e. The van der Waals surface area contributed by atoms with Gasteiger partial charge in [-0.1, -0.05) is 63.2 Å². The Morgan fingerprint density at radius 3 is 2.63 bits per heavy atom. The molecule has 3 aromatic rings. The minimum Gasteiger partial charge on any atom is -0.361 e. The van der Waals surface area contributed by atoms with Crippen LogP contribution in [0.5, 0.6) is 0 Å². The number of carbonyl (C=O) groups excluding carboxylic acids is 1. The average Bonchev–Trinajstić information content (AvgIpc) is 3.36. The van der Waals surface area contributed by atoms with E-state index in [2.05, 4.69) is 60.5 Å². The van der Waals surface area contributed by atoms with Crippen molar-refractivity contribution in [1.82, 2.24) is 10.4 Å². The molecular formula is C23H25N3O. The Balaban J connectivity index is 1.36. The Hall–Kier alpha value is -2.88. The zero-order chi connectivity index (χ0) is 19.0. The van der Waals surface area contributed by atoms with Crippen molar-refractivity contribution >= 4 is 23.0 Å². The van der Waals surface area contributed by atoms with Crippen LogP contribution < -0.4 is 5.43 Å². The predicted octanol–water partition coefficient (Wildman–Crippen LogP) is 4.72. The van der Waals surface area contributed by atoms with Gasteiger partial charge in [-0.15, -0.1) is 0 Å². The van der Waals surface area contributed by atoms with E-state index in [1.54, 1.807) is 6.21 Å². The van der Waals surface area contributed by atoms with E-state index >= 15 is 0 Å². The van der Waals surface area contributed by atoms with E-state index in [9.17, 15) is 4.79 Å². The molecule has 0 unspecified atom stereocenters. The summed E-state index contributed by atoms with van der Waals surface area (Å²) < 4.78 is 0. The highest BCUT2D eigenvalue weighted by Crippen LogP contribution is 2.47. The van der Waals surface area contributed by atoms with Crippen LogP contribution in [0.2, 0.25) is 0 Å². The molecule has 0 radical (unpaired) electrons. The number of aromatic nitrogens is 1. The number of benzene rings is 2. The lowest BCUT2D eigenvalue weighted by molar-refractivity contribution is -0.122. The van der Waals surface area contributed by atoms with Crippen molar-refractivity contribution in [3.8, 4) is 0 Å². The number of aromatic amines is 1. The molecule has 1 heterocycles. The summed E-state index contributed by atoms with van der Waals surface area (Å²) in [6.45, 7) is 6.63. The van der Waals surface area contributed by atoms with E-state index in [-0.39, 0.29) is 17.2 Å². The fourth-order valence-electron chi connectivity index (χ4n) is 3.53. The summed E-state index contributed by atoms with van der Waals surface area (Å²) in [5.41, 5.74) is 7.43. The van der Waals surface area contributed by atoms with Gasteiger partial charge >= 0.3 is 0 Å². The monoisotopic (exact) mass is 359 g/mol. The van der Waals surface area contributed by atoms with Crippen molar-refractivity contribution in [2.75, 3.05) is 0 Å². The molecule has 2 N–H and O–H groups in total. The van der Waals surface area contributed by atoms with Gasteiger partial charge in [-0.3, -0.25) is 4.79 Å². The number of H-pyrrole nitrogens is 1. The molecule has 0 spiro atoms. The lowest BCUT2D eigenvalue weighted by Gasteiger charge is -2.19. The number of rotatable bonds is 4. The third-order valence-corrected chi connectivity index (χ3v) is 5.33. The summed E-state index contributed by atoms with van der Waals surface area (Å²) in [5, 5.41) is 5.25. The number of carbonyl (C=O) groups is 1. The van der Waals surface area contributed by atoms with E-state index in [1.165, 1.54) is 11.1 Å². The van der Waals surface area contributed by atoms with Crippen LogP contribution in [0.1, 0.15) is 49.8 Å². The van der Waals surface area contributed by atoms with Crippen molar-refractivity contribution in [1.29, 1.82) is 0 Å². The van der Waals surface area contributed by atoms with Gasteiger partial charge in [-0.05, 0) is 34.9 Å². The standard InChI is InChI=1S/C23H25N3O/c1-23(2,3)17-10-8-15(9-11-17)19-12-20(19)22(27)26-25-14-16-13-24-21-7-5-4-6-18(16)21/h4-11,13-14,19-20,24H,12H2,1-3H3,(H,26,27)/b25-14-/t19-,20+/m1/s1. The van der Waals surface area contributed by atoms with Crippen LogP contribution in [-0.2, 0) is 10.2 Å². The lowest BCUT2D eigenvalue weighted by Crippen LogP contribution is -2.20. The number of hydrazone groups is 1. The van der Waals surface area contributed by atoms with Crippen LogP contribution in [0.3, 0.4) is 0 Å². The van der Waals surface area contributed by atoms with Crippen LogP contribution in [0.4, 0.5) is 0 Å². The first-order chi connectivity index (χ1) is 12.9. The van der Waals surface area contributed by atoms with Gasteiger partial charge in [0.2, 0.25) is 5.91 Å². The minimum absolute atomic E-state index is 0.00371. The van der Waals surface area contributed by atoms with Gasteiger partial charge in [-0.2, -0.15) is 5.10 Å². The molecule has 0 bridgehead atoms. The molecule has 0 aliphatic heterocycles. The van der Waals surface area contributed by atoms with Crippen molar-refractivity contribution < 1.29 is 4.79 Å². The van der Waals surface area contributed by atoms with Gasteiger partial charge in [0.25, 0.3) is 0 Å². The first kappa shape index (κ1) is 17.5. The number of para-hydroxylation sites is 1. The molecule has 2 aromatic carbocycles. The zero-order valence-corrected chi connectivity index (χ0v) is 16.0. The zero-order valence-electron chi connectivity index (χ0n) is 16.0. The quantitative estimate of drug-likeness (QED) is 0.514. The molecule has 27 heavy (non-hydrogen) atoms. The van der Waals surface area contributed by atoms with Gasteiger partial charge in [0.05, 0.1) is 6.21 Å². The summed E-state index contributed by atoms with van der Waals surface area (Å²) in [4.78, 5) is 15.6. The number of hydrogen-bond acceptors (Lipinski definition) is 2. The van der Waals surface area contributed by atoms with Crippen molar-refractivity contribution in [3.63, 3.8) is 0 Å². The molecule has 1 fully saturated rings. The molecule has 1 aliphatic rings. The summed E-state index contributed by atoms with van der Waals surface area (Å²) in [6, 6.07) is 16.7. The molecule has 1 aromatic heterocycles. The molecule has 0 saturated heterocycles. The maximum atomic E-state index is 12.4. The highest BCUT2D eigenvalue weighted by molar-refractivity contribution is 5.99. The summed E-state index contributed by atoms with van der Waals surface area (Å²) in [5.74, 6) is 0.323. The maximum absolute atomic E-state index is 12.4. The lowest BCUT2D eigenvalue weighted by atomic mass is 9.86. The van der Waals surface area contributed by atoms with Crippen molar-refractivity contribution in [3.05, 3.63) is 71.4 Å². The molecule has 138 valence electrons. The first-order valence-electron chi connectivity index (χ1n) is 9.43. The minimum atomic E-state index is -0.00371. The summed E-state index contributed by atoms with van der Waals surface area (Å²) >= 11 is 0. The second kappa shape index (κ2) is 6.69. The topological polar surface area (TPSA) is 57.2 Å². The predicted molar refractivity (Wildman–Crippen MR) is 110 cm³/mol. The molecular weight excluding hydrogens is 334 g/mol. The van der Waals surface area contributed by atoms with Crippen molar-refractivity contribution in [2.24, 2.45) is 11.0 Å². The summed E-state index contributed by atoms with van der Waals surface area (Å²) in [7, 11) is 0. The third-order valence-electron chi connectivity index (χ3n) is 5.33. The molecule has 4 rings (SSSR count). The molecule has 1 aliphatic carbocycles.